The molecule has 1 aliphatic carbocycles. The Hall–Kier alpha value is -3.10. The minimum absolute atomic E-state index is 0.0596. The summed E-state index contributed by atoms with van der Waals surface area (Å²) in [6.45, 7) is 0. The number of pyridine rings is 1. The number of hydrogen-bond donors (Lipinski definition) is 1. The van der Waals surface area contributed by atoms with Crippen LogP contribution in [-0.4, -0.2) is 10.8 Å². The Labute approximate surface area is 162 Å². The fraction of sp³-hybridized carbons (Fsp3) is 0.190. The molecule has 27 heavy (non-hydrogen) atoms. The molecule has 0 saturated heterocycles. The molecule has 0 fully saturated rings. The highest BCUT2D eigenvalue weighted by atomic mass is 35.5. The molecule has 0 spiro atoms. The Morgan fingerprint density at radius 2 is 2.00 bits per heavy atom. The molecule has 2 aliphatic rings. The number of rotatable bonds is 2. The van der Waals surface area contributed by atoms with Gasteiger partial charge in [-0.25, -0.2) is 0 Å². The fourth-order valence-electron chi connectivity index (χ4n) is 3.85. The van der Waals surface area contributed by atoms with Crippen LogP contribution in [0.1, 0.15) is 30.7 Å². The van der Waals surface area contributed by atoms with Crippen molar-refractivity contribution in [2.75, 3.05) is 4.90 Å². The maximum absolute atomic E-state index is 12.9. The summed E-state index contributed by atoms with van der Waals surface area (Å²) in [7, 11) is 0. The lowest BCUT2D eigenvalue weighted by Crippen LogP contribution is -2.38. The Morgan fingerprint density at radius 3 is 2.67 bits per heavy atom. The van der Waals surface area contributed by atoms with Crippen molar-refractivity contribution in [3.63, 3.8) is 0 Å². The number of aromatic nitrogens is 1. The van der Waals surface area contributed by atoms with E-state index in [0.29, 0.717) is 28.4 Å². The molecule has 1 aromatic carbocycles. The predicted molar refractivity (Wildman–Crippen MR) is 104 cm³/mol. The summed E-state index contributed by atoms with van der Waals surface area (Å²) in [6, 6.07) is 13.2. The van der Waals surface area contributed by atoms with Crippen LogP contribution in [0, 0.1) is 11.3 Å². The number of anilines is 1. The maximum Gasteiger partial charge on any atom is 0.161 e. The predicted octanol–water partition coefficient (Wildman–Crippen LogP) is 4.04. The zero-order valence-electron chi connectivity index (χ0n) is 14.5. The van der Waals surface area contributed by atoms with E-state index in [0.717, 1.165) is 29.8 Å². The van der Waals surface area contributed by atoms with Gasteiger partial charge in [-0.15, -0.1) is 0 Å². The largest absolute Gasteiger partial charge is 0.384 e. The number of Topliss-reactive ketones (excluding diaryl/α,β-unsaturated/α-hetero) is 1. The summed E-state index contributed by atoms with van der Waals surface area (Å²) in [4.78, 5) is 18.9. The first kappa shape index (κ1) is 17.3. The van der Waals surface area contributed by atoms with Crippen molar-refractivity contribution in [1.29, 1.82) is 5.26 Å². The molecule has 4 rings (SSSR count). The lowest BCUT2D eigenvalue weighted by Gasteiger charge is -2.39. The molecule has 5 nitrogen and oxygen atoms in total. The first-order valence-corrected chi connectivity index (χ1v) is 9.11. The lowest BCUT2D eigenvalue weighted by atomic mass is 9.76. The van der Waals surface area contributed by atoms with Gasteiger partial charge in [-0.3, -0.25) is 14.7 Å². The third-order valence-corrected chi connectivity index (χ3v) is 5.27. The monoisotopic (exact) mass is 376 g/mol. The zero-order chi connectivity index (χ0) is 19.0. The second-order valence-electron chi connectivity index (χ2n) is 6.58. The van der Waals surface area contributed by atoms with Crippen molar-refractivity contribution < 1.29 is 4.79 Å². The van der Waals surface area contributed by atoms with Crippen molar-refractivity contribution in [1.82, 2.24) is 4.98 Å². The van der Waals surface area contributed by atoms with E-state index < -0.39 is 5.92 Å². The van der Waals surface area contributed by atoms with E-state index in [-0.39, 0.29) is 5.78 Å². The molecule has 0 radical (unpaired) electrons. The minimum atomic E-state index is -0.477. The van der Waals surface area contributed by atoms with Crippen LogP contribution in [0.25, 0.3) is 0 Å². The van der Waals surface area contributed by atoms with Gasteiger partial charge in [0.2, 0.25) is 0 Å². The number of halogens is 1. The number of benzene rings is 1. The normalized spacial score (nSPS) is 19.8. The van der Waals surface area contributed by atoms with Crippen molar-refractivity contribution in [2.24, 2.45) is 5.73 Å². The molecule has 134 valence electrons. The van der Waals surface area contributed by atoms with Gasteiger partial charge < -0.3 is 5.73 Å². The van der Waals surface area contributed by atoms with Crippen LogP contribution in [0.3, 0.4) is 0 Å². The molecule has 0 bridgehead atoms. The topological polar surface area (TPSA) is 83.0 Å². The van der Waals surface area contributed by atoms with E-state index in [1.54, 1.807) is 30.6 Å². The summed E-state index contributed by atoms with van der Waals surface area (Å²) < 4.78 is 0. The van der Waals surface area contributed by atoms with Crippen molar-refractivity contribution in [3.05, 3.63) is 82.0 Å². The van der Waals surface area contributed by atoms with Crippen LogP contribution < -0.4 is 10.6 Å². The van der Waals surface area contributed by atoms with Crippen molar-refractivity contribution >= 4 is 23.1 Å². The van der Waals surface area contributed by atoms with Gasteiger partial charge in [-0.1, -0.05) is 17.7 Å². The van der Waals surface area contributed by atoms with Crippen LogP contribution in [-0.2, 0) is 4.79 Å². The van der Waals surface area contributed by atoms with Gasteiger partial charge in [0, 0.05) is 40.8 Å². The smallest absolute Gasteiger partial charge is 0.161 e. The summed E-state index contributed by atoms with van der Waals surface area (Å²) in [5, 5.41) is 10.5. The number of carbonyl (C=O) groups is 1. The highest BCUT2D eigenvalue weighted by Crippen LogP contribution is 2.46. The molecule has 1 aliphatic heterocycles. The van der Waals surface area contributed by atoms with Crippen molar-refractivity contribution in [3.8, 4) is 6.07 Å². The van der Waals surface area contributed by atoms with E-state index in [1.165, 1.54) is 0 Å². The number of allylic oxidation sites excluding steroid dienone is 3. The average molecular weight is 377 g/mol. The Kier molecular flexibility index (Phi) is 4.43. The molecule has 2 heterocycles. The molecule has 0 saturated carbocycles. The highest BCUT2D eigenvalue weighted by Gasteiger charge is 2.40. The number of carbonyl (C=O) groups excluding carboxylic acids is 1. The SMILES string of the molecule is N#CC1=C(N)N(c2ccc(Cl)cc2)C2=C(C(=O)CCC2)C1c1cccnc1. The van der Waals surface area contributed by atoms with Gasteiger partial charge in [0.05, 0.1) is 17.6 Å². The number of nitrogens with zero attached hydrogens (tertiary/aromatic N) is 3. The van der Waals surface area contributed by atoms with Crippen LogP contribution in [0.5, 0.6) is 0 Å². The number of nitrogens with two attached hydrogens (primary N) is 1. The second kappa shape index (κ2) is 6.90. The van der Waals surface area contributed by atoms with E-state index in [2.05, 4.69) is 11.1 Å². The molecule has 1 aromatic heterocycles. The van der Waals surface area contributed by atoms with Crippen molar-refractivity contribution in [2.45, 2.75) is 25.2 Å². The van der Waals surface area contributed by atoms with E-state index in [9.17, 15) is 10.1 Å². The number of hydrogen-bond acceptors (Lipinski definition) is 5. The molecular weight excluding hydrogens is 360 g/mol. The molecule has 1 unspecified atom stereocenters. The van der Waals surface area contributed by atoms with Gasteiger partial charge in [0.15, 0.2) is 5.78 Å². The molecule has 2 N–H and O–H groups in total. The van der Waals surface area contributed by atoms with Gasteiger partial charge >= 0.3 is 0 Å². The van der Waals surface area contributed by atoms with Gasteiger partial charge in [-0.05, 0) is 48.7 Å². The van der Waals surface area contributed by atoms with Crippen LogP contribution in [0.4, 0.5) is 5.69 Å². The number of ketones is 1. The standard InChI is InChI=1S/C21H17ClN4O/c22-14-6-8-15(9-7-14)26-17-4-1-5-18(27)20(17)19(16(11-23)21(26)24)13-3-2-10-25-12-13/h2-3,6-10,12,19H,1,4-5,24H2. The van der Waals surface area contributed by atoms with Gasteiger partial charge in [0.25, 0.3) is 0 Å². The Morgan fingerprint density at radius 1 is 1.22 bits per heavy atom. The third-order valence-electron chi connectivity index (χ3n) is 5.02. The molecule has 0 amide bonds. The minimum Gasteiger partial charge on any atom is -0.384 e. The van der Waals surface area contributed by atoms with E-state index in [1.807, 2.05) is 23.1 Å². The van der Waals surface area contributed by atoms with Gasteiger partial charge in [0.1, 0.15) is 5.82 Å². The molecule has 1 atom stereocenters. The summed E-state index contributed by atoms with van der Waals surface area (Å²) >= 11 is 6.02. The third kappa shape index (κ3) is 2.88. The number of nitriles is 1. The Bertz CT molecular complexity index is 1000. The first-order valence-electron chi connectivity index (χ1n) is 8.73. The molecule has 2 aromatic rings. The average Bonchev–Trinajstić information content (AvgIpc) is 2.69. The summed E-state index contributed by atoms with van der Waals surface area (Å²) in [5.74, 6) is -0.0681. The van der Waals surface area contributed by atoms with Crippen LogP contribution >= 0.6 is 11.6 Å². The highest BCUT2D eigenvalue weighted by molar-refractivity contribution is 6.30. The molecular formula is C21H17ClN4O. The quantitative estimate of drug-likeness (QED) is 0.855. The van der Waals surface area contributed by atoms with Crippen LogP contribution in [0.15, 0.2) is 71.5 Å². The lowest BCUT2D eigenvalue weighted by molar-refractivity contribution is -0.116. The summed E-state index contributed by atoms with van der Waals surface area (Å²) in [5.41, 5.74) is 9.93. The Balaban J connectivity index is 1.96. The first-order chi connectivity index (χ1) is 13.1. The second-order valence-corrected chi connectivity index (χ2v) is 7.02. The maximum atomic E-state index is 12.9. The summed E-state index contributed by atoms with van der Waals surface area (Å²) in [6.07, 6.45) is 5.32. The van der Waals surface area contributed by atoms with E-state index >= 15 is 0 Å². The van der Waals surface area contributed by atoms with E-state index in [4.69, 9.17) is 17.3 Å². The fourth-order valence-corrected chi connectivity index (χ4v) is 3.98. The zero-order valence-corrected chi connectivity index (χ0v) is 15.3. The van der Waals surface area contributed by atoms with Gasteiger partial charge in [-0.2, -0.15) is 5.26 Å². The van der Waals surface area contributed by atoms with Crippen LogP contribution in [0.2, 0.25) is 5.02 Å². The molecule has 6 heteroatoms.